The summed E-state index contributed by atoms with van der Waals surface area (Å²) in [5.74, 6) is -0.406. The standard InChI is InChI=1S/C12H14N2O3/c1-8(15)13-6-5-9-3-4-10-11(7-9)17-12(16)14(10)2/h3-4,7H,5-6H2,1-2H3,(H,13,15). The first-order chi connectivity index (χ1) is 8.08. The molecule has 0 aliphatic carbocycles. The van der Waals surface area contributed by atoms with Gasteiger partial charge in [-0.15, -0.1) is 0 Å². The molecule has 0 saturated carbocycles. The highest BCUT2D eigenvalue weighted by molar-refractivity contribution is 5.74. The van der Waals surface area contributed by atoms with Crippen molar-refractivity contribution < 1.29 is 9.21 Å². The van der Waals surface area contributed by atoms with E-state index in [4.69, 9.17) is 4.42 Å². The third-order valence-electron chi connectivity index (χ3n) is 2.64. The summed E-state index contributed by atoms with van der Waals surface area (Å²) in [5, 5.41) is 2.72. The summed E-state index contributed by atoms with van der Waals surface area (Å²) in [6.45, 7) is 2.07. The number of aryl methyl sites for hydroxylation is 1. The molecule has 0 aliphatic heterocycles. The number of amides is 1. The Kier molecular flexibility index (Phi) is 2.99. The van der Waals surface area contributed by atoms with Gasteiger partial charge >= 0.3 is 5.76 Å². The molecule has 0 fully saturated rings. The molecule has 0 saturated heterocycles. The number of fused-ring (bicyclic) bond motifs is 1. The van der Waals surface area contributed by atoms with Gasteiger partial charge in [0, 0.05) is 20.5 Å². The molecule has 0 atom stereocenters. The van der Waals surface area contributed by atoms with E-state index in [1.165, 1.54) is 11.5 Å². The Hall–Kier alpha value is -2.04. The molecule has 1 aromatic heterocycles. The molecule has 17 heavy (non-hydrogen) atoms. The van der Waals surface area contributed by atoms with E-state index in [0.29, 0.717) is 18.5 Å². The molecule has 0 bridgehead atoms. The molecule has 0 radical (unpaired) electrons. The van der Waals surface area contributed by atoms with Crippen LogP contribution in [-0.2, 0) is 18.3 Å². The Morgan fingerprint density at radius 1 is 1.47 bits per heavy atom. The van der Waals surface area contributed by atoms with Crippen LogP contribution in [0.15, 0.2) is 27.4 Å². The van der Waals surface area contributed by atoms with Crippen LogP contribution in [0.1, 0.15) is 12.5 Å². The number of benzene rings is 1. The minimum Gasteiger partial charge on any atom is -0.408 e. The number of rotatable bonds is 3. The molecule has 5 nitrogen and oxygen atoms in total. The first-order valence-corrected chi connectivity index (χ1v) is 5.41. The fourth-order valence-electron chi connectivity index (χ4n) is 1.72. The van der Waals surface area contributed by atoms with Crippen LogP contribution in [0.4, 0.5) is 0 Å². The van der Waals surface area contributed by atoms with E-state index >= 15 is 0 Å². The third kappa shape index (κ3) is 2.38. The molecule has 0 spiro atoms. The van der Waals surface area contributed by atoms with Crippen LogP contribution < -0.4 is 11.1 Å². The van der Waals surface area contributed by atoms with Crippen molar-refractivity contribution in [2.45, 2.75) is 13.3 Å². The SMILES string of the molecule is CC(=O)NCCc1ccc2c(c1)oc(=O)n2C. The summed E-state index contributed by atoms with van der Waals surface area (Å²) in [6.07, 6.45) is 0.716. The molecule has 1 amide bonds. The van der Waals surface area contributed by atoms with Gasteiger partial charge < -0.3 is 9.73 Å². The van der Waals surface area contributed by atoms with Gasteiger partial charge in [0.25, 0.3) is 0 Å². The lowest BCUT2D eigenvalue weighted by Crippen LogP contribution is -2.22. The van der Waals surface area contributed by atoms with Crippen molar-refractivity contribution in [3.05, 3.63) is 34.3 Å². The monoisotopic (exact) mass is 234 g/mol. The highest BCUT2D eigenvalue weighted by Gasteiger charge is 2.06. The van der Waals surface area contributed by atoms with E-state index in [1.807, 2.05) is 18.2 Å². The van der Waals surface area contributed by atoms with E-state index in [-0.39, 0.29) is 11.7 Å². The maximum atomic E-state index is 11.3. The zero-order chi connectivity index (χ0) is 12.4. The lowest BCUT2D eigenvalue weighted by Gasteiger charge is -2.02. The van der Waals surface area contributed by atoms with Crippen LogP contribution in [0.3, 0.4) is 0 Å². The second-order valence-corrected chi connectivity index (χ2v) is 3.96. The van der Waals surface area contributed by atoms with Crippen LogP contribution in [0.2, 0.25) is 0 Å². The summed E-state index contributed by atoms with van der Waals surface area (Å²) in [4.78, 5) is 22.0. The van der Waals surface area contributed by atoms with E-state index in [2.05, 4.69) is 5.32 Å². The topological polar surface area (TPSA) is 64.2 Å². The van der Waals surface area contributed by atoms with Gasteiger partial charge in [0.2, 0.25) is 5.91 Å². The molecule has 1 heterocycles. The van der Waals surface area contributed by atoms with E-state index in [9.17, 15) is 9.59 Å². The van der Waals surface area contributed by atoms with Gasteiger partial charge in [0.15, 0.2) is 5.58 Å². The van der Waals surface area contributed by atoms with Crippen LogP contribution in [0.5, 0.6) is 0 Å². The van der Waals surface area contributed by atoms with Gasteiger partial charge in [-0.1, -0.05) is 6.07 Å². The summed E-state index contributed by atoms with van der Waals surface area (Å²) < 4.78 is 6.55. The number of nitrogens with zero attached hydrogens (tertiary/aromatic N) is 1. The molecule has 2 rings (SSSR count). The first-order valence-electron chi connectivity index (χ1n) is 5.41. The minimum absolute atomic E-state index is 0.0441. The molecular formula is C12H14N2O3. The number of hydrogen-bond donors (Lipinski definition) is 1. The van der Waals surface area contributed by atoms with Crippen LogP contribution in [-0.4, -0.2) is 17.0 Å². The summed E-state index contributed by atoms with van der Waals surface area (Å²) in [6, 6.07) is 5.61. The van der Waals surface area contributed by atoms with E-state index < -0.39 is 0 Å². The number of aromatic nitrogens is 1. The summed E-state index contributed by atoms with van der Waals surface area (Å²) in [5.41, 5.74) is 2.39. The molecule has 5 heteroatoms. The maximum absolute atomic E-state index is 11.3. The Labute approximate surface area is 98.0 Å². The van der Waals surface area contributed by atoms with Crippen LogP contribution >= 0.6 is 0 Å². The molecule has 2 aromatic rings. The van der Waals surface area contributed by atoms with Crippen molar-refractivity contribution in [2.75, 3.05) is 6.54 Å². The van der Waals surface area contributed by atoms with Crippen molar-refractivity contribution in [1.82, 2.24) is 9.88 Å². The molecular weight excluding hydrogens is 220 g/mol. The lowest BCUT2D eigenvalue weighted by atomic mass is 10.1. The quantitative estimate of drug-likeness (QED) is 0.854. The average molecular weight is 234 g/mol. The summed E-state index contributed by atoms with van der Waals surface area (Å²) >= 11 is 0. The van der Waals surface area contributed by atoms with Gasteiger partial charge in [-0.25, -0.2) is 4.79 Å². The van der Waals surface area contributed by atoms with Gasteiger partial charge in [0.05, 0.1) is 5.52 Å². The van der Waals surface area contributed by atoms with Gasteiger partial charge in [-0.2, -0.15) is 0 Å². The third-order valence-corrected chi connectivity index (χ3v) is 2.64. The molecule has 1 N–H and O–H groups in total. The maximum Gasteiger partial charge on any atom is 0.419 e. The van der Waals surface area contributed by atoms with Crippen LogP contribution in [0, 0.1) is 0 Å². The van der Waals surface area contributed by atoms with Crippen LogP contribution in [0.25, 0.3) is 11.1 Å². The lowest BCUT2D eigenvalue weighted by molar-refractivity contribution is -0.118. The number of nitrogens with one attached hydrogen (secondary N) is 1. The Balaban J connectivity index is 2.20. The predicted octanol–water partition coefficient (Wildman–Crippen LogP) is 0.810. The van der Waals surface area contributed by atoms with E-state index in [1.54, 1.807) is 7.05 Å². The van der Waals surface area contributed by atoms with Crippen molar-refractivity contribution in [1.29, 1.82) is 0 Å². The number of hydrogen-bond acceptors (Lipinski definition) is 3. The zero-order valence-electron chi connectivity index (χ0n) is 9.82. The number of carbonyl (C=O) groups excluding carboxylic acids is 1. The van der Waals surface area contributed by atoms with E-state index in [0.717, 1.165) is 11.1 Å². The average Bonchev–Trinajstić information content (AvgIpc) is 2.54. The van der Waals surface area contributed by atoms with Crippen molar-refractivity contribution in [2.24, 2.45) is 7.05 Å². The van der Waals surface area contributed by atoms with Gasteiger partial charge in [0.1, 0.15) is 0 Å². The Morgan fingerprint density at radius 2 is 2.24 bits per heavy atom. The first kappa shape index (κ1) is 11.4. The zero-order valence-corrected chi connectivity index (χ0v) is 9.82. The summed E-state index contributed by atoms with van der Waals surface area (Å²) in [7, 11) is 1.67. The Bertz CT molecular complexity index is 610. The minimum atomic E-state index is -0.362. The highest BCUT2D eigenvalue weighted by Crippen LogP contribution is 2.14. The normalized spacial score (nSPS) is 10.7. The van der Waals surface area contributed by atoms with Gasteiger partial charge in [-0.3, -0.25) is 9.36 Å². The predicted molar refractivity (Wildman–Crippen MR) is 63.8 cm³/mol. The number of oxazole rings is 1. The smallest absolute Gasteiger partial charge is 0.408 e. The van der Waals surface area contributed by atoms with Crippen molar-refractivity contribution >= 4 is 17.0 Å². The molecule has 90 valence electrons. The second kappa shape index (κ2) is 4.45. The highest BCUT2D eigenvalue weighted by atomic mass is 16.4. The fourth-order valence-corrected chi connectivity index (χ4v) is 1.72. The van der Waals surface area contributed by atoms with Crippen molar-refractivity contribution in [3.63, 3.8) is 0 Å². The molecule has 0 aliphatic rings. The molecule has 0 unspecified atom stereocenters. The van der Waals surface area contributed by atoms with Gasteiger partial charge in [-0.05, 0) is 24.1 Å². The number of carbonyl (C=O) groups is 1. The Morgan fingerprint density at radius 3 is 2.94 bits per heavy atom. The molecule has 1 aromatic carbocycles. The van der Waals surface area contributed by atoms with Crippen molar-refractivity contribution in [3.8, 4) is 0 Å². The fraction of sp³-hybridized carbons (Fsp3) is 0.333. The largest absolute Gasteiger partial charge is 0.419 e. The second-order valence-electron chi connectivity index (χ2n) is 3.96.